The summed E-state index contributed by atoms with van der Waals surface area (Å²) in [5.41, 5.74) is 2.34. The molecule has 0 aliphatic carbocycles. The van der Waals surface area contributed by atoms with E-state index < -0.39 is 0 Å². The van der Waals surface area contributed by atoms with Gasteiger partial charge in [-0.2, -0.15) is 0 Å². The fourth-order valence-electron chi connectivity index (χ4n) is 2.44. The molecule has 5 nitrogen and oxygen atoms in total. The van der Waals surface area contributed by atoms with E-state index in [9.17, 15) is 0 Å². The Hall–Kier alpha value is -2.34. The van der Waals surface area contributed by atoms with Crippen LogP contribution in [0.1, 0.15) is 24.0 Å². The molecule has 0 amide bonds. The smallest absolute Gasteiger partial charge is 0.118 e. The molecule has 0 spiro atoms. The Balaban J connectivity index is 0.000000208. The topological polar surface area (TPSA) is 49.5 Å². The Labute approximate surface area is 174 Å². The van der Waals surface area contributed by atoms with E-state index in [1.807, 2.05) is 54.6 Å². The average Bonchev–Trinajstić information content (AvgIpc) is 3.60. The Morgan fingerprint density at radius 3 is 1.76 bits per heavy atom. The Kier molecular flexibility index (Phi) is 10.9. The molecule has 0 radical (unpaired) electrons. The largest absolute Gasteiger partial charge is 0.497 e. The number of benzene rings is 2. The molecule has 1 aliphatic heterocycles. The lowest BCUT2D eigenvalue weighted by atomic mass is 10.2. The zero-order valence-electron chi connectivity index (χ0n) is 17.5. The Morgan fingerprint density at radius 2 is 1.34 bits per heavy atom. The SMILES string of the molecule is C=CCCOCc1ccc(OC)cc1.COc1ccc(COCCC2CO2)cc1. The van der Waals surface area contributed by atoms with Gasteiger partial charge in [-0.1, -0.05) is 30.3 Å². The van der Waals surface area contributed by atoms with E-state index in [0.717, 1.165) is 49.7 Å². The number of hydrogen-bond donors (Lipinski definition) is 0. The number of methoxy groups -OCH3 is 2. The summed E-state index contributed by atoms with van der Waals surface area (Å²) in [6.07, 6.45) is 4.22. The summed E-state index contributed by atoms with van der Waals surface area (Å²) in [4.78, 5) is 0. The molecule has 1 atom stereocenters. The monoisotopic (exact) mass is 400 g/mol. The van der Waals surface area contributed by atoms with Gasteiger partial charge in [0.25, 0.3) is 0 Å². The molecule has 2 aromatic rings. The molecule has 0 aromatic heterocycles. The van der Waals surface area contributed by atoms with Gasteiger partial charge >= 0.3 is 0 Å². The lowest BCUT2D eigenvalue weighted by Crippen LogP contribution is -1.98. The second kappa shape index (κ2) is 13.8. The van der Waals surface area contributed by atoms with Gasteiger partial charge in [0.2, 0.25) is 0 Å². The van der Waals surface area contributed by atoms with Crippen molar-refractivity contribution in [1.82, 2.24) is 0 Å². The van der Waals surface area contributed by atoms with Crippen LogP contribution >= 0.6 is 0 Å². The molecule has 1 heterocycles. The van der Waals surface area contributed by atoms with Gasteiger partial charge in [-0.25, -0.2) is 0 Å². The van der Waals surface area contributed by atoms with E-state index in [2.05, 4.69) is 6.58 Å². The molecule has 29 heavy (non-hydrogen) atoms. The quantitative estimate of drug-likeness (QED) is 0.291. The summed E-state index contributed by atoms with van der Waals surface area (Å²) < 4.78 is 26.2. The lowest BCUT2D eigenvalue weighted by molar-refractivity contribution is 0.113. The van der Waals surface area contributed by atoms with Crippen molar-refractivity contribution in [3.05, 3.63) is 72.3 Å². The number of epoxide rings is 1. The molecular formula is C24H32O5. The minimum Gasteiger partial charge on any atom is -0.497 e. The minimum atomic E-state index is 0.459. The molecule has 0 bridgehead atoms. The second-order valence-corrected chi connectivity index (χ2v) is 6.62. The maximum atomic E-state index is 5.52. The summed E-state index contributed by atoms with van der Waals surface area (Å²) in [5.74, 6) is 1.75. The van der Waals surface area contributed by atoms with Crippen LogP contribution in [0, 0.1) is 0 Å². The number of ether oxygens (including phenoxy) is 5. The maximum absolute atomic E-state index is 5.52. The van der Waals surface area contributed by atoms with Crippen molar-refractivity contribution < 1.29 is 23.7 Å². The molecule has 0 saturated carbocycles. The van der Waals surface area contributed by atoms with E-state index >= 15 is 0 Å². The summed E-state index contributed by atoms with van der Waals surface area (Å²) in [7, 11) is 3.33. The second-order valence-electron chi connectivity index (χ2n) is 6.62. The van der Waals surface area contributed by atoms with E-state index in [4.69, 9.17) is 23.7 Å². The highest BCUT2D eigenvalue weighted by atomic mass is 16.6. The van der Waals surface area contributed by atoms with E-state index in [1.165, 1.54) is 5.56 Å². The zero-order chi connectivity index (χ0) is 20.7. The van der Waals surface area contributed by atoms with Crippen molar-refractivity contribution >= 4 is 0 Å². The van der Waals surface area contributed by atoms with Gasteiger partial charge in [0, 0.05) is 6.61 Å². The van der Waals surface area contributed by atoms with Gasteiger partial charge in [0.1, 0.15) is 11.5 Å². The summed E-state index contributed by atoms with van der Waals surface area (Å²) in [6, 6.07) is 15.8. The zero-order valence-corrected chi connectivity index (χ0v) is 17.5. The highest BCUT2D eigenvalue weighted by Crippen LogP contribution is 2.15. The van der Waals surface area contributed by atoms with Crippen LogP contribution in [0.4, 0.5) is 0 Å². The van der Waals surface area contributed by atoms with Gasteiger partial charge in [-0.3, -0.25) is 0 Å². The molecule has 1 aliphatic rings. The van der Waals surface area contributed by atoms with Crippen LogP contribution in [0.3, 0.4) is 0 Å². The summed E-state index contributed by atoms with van der Waals surface area (Å²) in [5, 5.41) is 0. The number of hydrogen-bond acceptors (Lipinski definition) is 5. The van der Waals surface area contributed by atoms with E-state index in [-0.39, 0.29) is 0 Å². The van der Waals surface area contributed by atoms with Crippen molar-refractivity contribution in [3.63, 3.8) is 0 Å². The van der Waals surface area contributed by atoms with Crippen molar-refractivity contribution in [1.29, 1.82) is 0 Å². The van der Waals surface area contributed by atoms with Crippen LogP contribution in [0.2, 0.25) is 0 Å². The Morgan fingerprint density at radius 1 is 0.862 bits per heavy atom. The molecule has 1 fully saturated rings. The van der Waals surface area contributed by atoms with Crippen LogP contribution < -0.4 is 9.47 Å². The maximum Gasteiger partial charge on any atom is 0.118 e. The predicted molar refractivity (Wildman–Crippen MR) is 114 cm³/mol. The molecule has 0 N–H and O–H groups in total. The van der Waals surface area contributed by atoms with Crippen LogP contribution in [-0.2, 0) is 27.4 Å². The molecule has 1 saturated heterocycles. The van der Waals surface area contributed by atoms with Crippen LogP contribution in [0.25, 0.3) is 0 Å². The fourth-order valence-corrected chi connectivity index (χ4v) is 2.44. The average molecular weight is 401 g/mol. The van der Waals surface area contributed by atoms with Crippen LogP contribution in [0.15, 0.2) is 61.2 Å². The summed E-state index contributed by atoms with van der Waals surface area (Å²) in [6.45, 7) is 7.36. The van der Waals surface area contributed by atoms with Crippen molar-refractivity contribution in [2.45, 2.75) is 32.2 Å². The van der Waals surface area contributed by atoms with Gasteiger partial charge in [0.05, 0.1) is 46.8 Å². The van der Waals surface area contributed by atoms with Crippen LogP contribution in [0.5, 0.6) is 11.5 Å². The molecule has 1 unspecified atom stereocenters. The minimum absolute atomic E-state index is 0.459. The first kappa shape index (κ1) is 22.9. The van der Waals surface area contributed by atoms with Gasteiger partial charge in [-0.05, 0) is 48.2 Å². The standard InChI is InChI=1S/C12H16O3.C12H16O2/c1-13-11-4-2-10(3-5-11)8-14-7-6-12-9-15-12;1-3-4-9-14-10-11-5-7-12(13-2)8-6-11/h2-5,12H,6-9H2,1H3;3,5-8H,1,4,9-10H2,2H3. The third-order valence-electron chi connectivity index (χ3n) is 4.31. The molecule has 2 aromatic carbocycles. The lowest BCUT2D eigenvalue weighted by Gasteiger charge is -2.04. The first-order valence-electron chi connectivity index (χ1n) is 9.89. The molecule has 158 valence electrons. The highest BCUT2D eigenvalue weighted by molar-refractivity contribution is 5.27. The van der Waals surface area contributed by atoms with Gasteiger partial charge in [-0.15, -0.1) is 6.58 Å². The molecule has 3 rings (SSSR count). The van der Waals surface area contributed by atoms with E-state index in [0.29, 0.717) is 19.3 Å². The number of rotatable bonds is 12. The molecular weight excluding hydrogens is 368 g/mol. The fraction of sp³-hybridized carbons (Fsp3) is 0.417. The van der Waals surface area contributed by atoms with E-state index in [1.54, 1.807) is 14.2 Å². The molecule has 5 heteroatoms. The van der Waals surface area contributed by atoms with Gasteiger partial charge < -0.3 is 23.7 Å². The highest BCUT2D eigenvalue weighted by Gasteiger charge is 2.21. The first-order valence-corrected chi connectivity index (χ1v) is 9.89. The van der Waals surface area contributed by atoms with Gasteiger partial charge in [0.15, 0.2) is 0 Å². The first-order chi connectivity index (χ1) is 14.2. The van der Waals surface area contributed by atoms with Crippen molar-refractivity contribution in [2.75, 3.05) is 34.0 Å². The Bertz CT molecular complexity index is 677. The van der Waals surface area contributed by atoms with Crippen molar-refractivity contribution in [2.24, 2.45) is 0 Å². The normalized spacial score (nSPS) is 14.5. The summed E-state index contributed by atoms with van der Waals surface area (Å²) >= 11 is 0. The third-order valence-corrected chi connectivity index (χ3v) is 4.31. The third kappa shape index (κ3) is 10.1. The van der Waals surface area contributed by atoms with Crippen LogP contribution in [-0.4, -0.2) is 40.1 Å². The van der Waals surface area contributed by atoms with Crippen molar-refractivity contribution in [3.8, 4) is 11.5 Å². The predicted octanol–water partition coefficient (Wildman–Crippen LogP) is 4.79.